The molecule has 270 valence electrons. The fraction of sp³-hybridized carbons (Fsp3) is 0.0192. The summed E-state index contributed by atoms with van der Waals surface area (Å²) in [5.41, 5.74) is 15.7. The third kappa shape index (κ3) is 4.99. The van der Waals surface area contributed by atoms with Gasteiger partial charge in [0.15, 0.2) is 5.65 Å². The summed E-state index contributed by atoms with van der Waals surface area (Å²) < 4.78 is 9.38. The number of hydrogen-bond acceptors (Lipinski definition) is 1. The van der Waals surface area contributed by atoms with Crippen LogP contribution in [0.3, 0.4) is 0 Å². The summed E-state index contributed by atoms with van der Waals surface area (Å²) in [6.45, 7) is 5.90. The van der Waals surface area contributed by atoms with E-state index in [4.69, 9.17) is 4.98 Å². The van der Waals surface area contributed by atoms with Gasteiger partial charge in [0.05, 0.1) is 27.6 Å². The molecule has 0 aliphatic carbocycles. The molecule has 0 aliphatic heterocycles. The van der Waals surface area contributed by atoms with E-state index in [0.717, 1.165) is 67.1 Å². The zero-order valence-electron chi connectivity index (χ0n) is 31.4. The maximum atomic E-state index is 5.44. The molecule has 0 N–H and O–H groups in total. The number of nitrogens with zero attached hydrogens (tertiary/aromatic N) is 5. The maximum Gasteiger partial charge on any atom is 0.221 e. The highest BCUT2D eigenvalue weighted by atomic mass is 15.3. The fourth-order valence-corrected chi connectivity index (χ4v) is 8.76. The Hall–Kier alpha value is -7.63. The Morgan fingerprint density at radius 1 is 0.509 bits per heavy atom. The van der Waals surface area contributed by atoms with Crippen molar-refractivity contribution in [2.75, 3.05) is 0 Å². The zero-order chi connectivity index (χ0) is 38.0. The maximum absolute atomic E-state index is 5.44. The van der Waals surface area contributed by atoms with Crippen LogP contribution in [0.15, 0.2) is 201 Å². The zero-order valence-corrected chi connectivity index (χ0v) is 31.4. The van der Waals surface area contributed by atoms with Gasteiger partial charge in [0.1, 0.15) is 5.52 Å². The highest BCUT2D eigenvalue weighted by Gasteiger charge is 2.24. The summed E-state index contributed by atoms with van der Waals surface area (Å²) in [5, 5.41) is 3.58. The van der Waals surface area contributed by atoms with Crippen LogP contribution >= 0.6 is 0 Å². The predicted molar refractivity (Wildman–Crippen MR) is 239 cm³/mol. The Bertz CT molecular complexity index is 3400. The quantitative estimate of drug-likeness (QED) is 0.150. The van der Waals surface area contributed by atoms with Gasteiger partial charge in [0.25, 0.3) is 0 Å². The molecular formula is C52H37N5. The van der Waals surface area contributed by atoms with Gasteiger partial charge in [-0.05, 0) is 102 Å². The van der Waals surface area contributed by atoms with Crippen molar-refractivity contribution in [3.05, 3.63) is 206 Å². The fourth-order valence-electron chi connectivity index (χ4n) is 8.76. The van der Waals surface area contributed by atoms with E-state index in [-0.39, 0.29) is 0 Å². The van der Waals surface area contributed by atoms with Gasteiger partial charge >= 0.3 is 0 Å². The molecule has 7 aromatic carbocycles. The SMILES string of the molecule is C=C/C=C\C(=C/C)c1ccc(-n2c3ccccc3c3cc(-c4ccc5c(c4)n(-c4ccccc4)c4nc6c7ccccc7n(-c7ccccc7)c6n54)ccc32)cc1. The normalized spacial score (nSPS) is 12.4. The molecule has 0 fully saturated rings. The lowest BCUT2D eigenvalue weighted by Crippen LogP contribution is -1.97. The van der Waals surface area contributed by atoms with Crippen molar-refractivity contribution in [2.45, 2.75) is 6.92 Å². The second-order valence-electron chi connectivity index (χ2n) is 14.5. The summed E-state index contributed by atoms with van der Waals surface area (Å²) >= 11 is 0. The molecule has 0 atom stereocenters. The first-order valence-electron chi connectivity index (χ1n) is 19.4. The molecule has 4 aromatic heterocycles. The number of aromatic nitrogens is 5. The highest BCUT2D eigenvalue weighted by molar-refractivity contribution is 6.11. The Morgan fingerprint density at radius 2 is 1.09 bits per heavy atom. The molecule has 0 bridgehead atoms. The lowest BCUT2D eigenvalue weighted by atomic mass is 10.0. The molecule has 0 amide bonds. The van der Waals surface area contributed by atoms with Crippen LogP contribution in [0.2, 0.25) is 0 Å². The molecule has 11 aromatic rings. The van der Waals surface area contributed by atoms with Crippen LogP contribution in [0.4, 0.5) is 0 Å². The van der Waals surface area contributed by atoms with E-state index in [1.165, 1.54) is 32.9 Å². The van der Waals surface area contributed by atoms with E-state index < -0.39 is 0 Å². The second-order valence-corrected chi connectivity index (χ2v) is 14.5. The van der Waals surface area contributed by atoms with E-state index in [9.17, 15) is 0 Å². The summed E-state index contributed by atoms with van der Waals surface area (Å²) in [5.74, 6) is 0.886. The van der Waals surface area contributed by atoms with E-state index >= 15 is 0 Å². The van der Waals surface area contributed by atoms with Crippen LogP contribution < -0.4 is 0 Å². The van der Waals surface area contributed by atoms with Crippen LogP contribution in [0.5, 0.6) is 0 Å². The first-order chi connectivity index (χ1) is 28.2. The van der Waals surface area contributed by atoms with Crippen molar-refractivity contribution < 1.29 is 0 Å². The average Bonchev–Trinajstić information content (AvgIpc) is 3.99. The van der Waals surface area contributed by atoms with E-state index in [1.54, 1.807) is 0 Å². The topological polar surface area (TPSA) is 32.1 Å². The summed E-state index contributed by atoms with van der Waals surface area (Å²) in [6, 6.07) is 61.1. The minimum atomic E-state index is 0.886. The lowest BCUT2D eigenvalue weighted by Gasteiger charge is -2.10. The first kappa shape index (κ1) is 32.8. The first-order valence-corrected chi connectivity index (χ1v) is 19.4. The van der Waals surface area contributed by atoms with Gasteiger partial charge in [-0.15, -0.1) is 0 Å². The van der Waals surface area contributed by atoms with E-state index in [2.05, 4.69) is 214 Å². The van der Waals surface area contributed by atoms with Crippen molar-refractivity contribution in [3.63, 3.8) is 0 Å². The molecule has 4 heterocycles. The van der Waals surface area contributed by atoms with Crippen LogP contribution in [0.25, 0.3) is 94.4 Å². The lowest BCUT2D eigenvalue weighted by molar-refractivity contribution is 1.08. The van der Waals surface area contributed by atoms with Crippen LogP contribution in [-0.4, -0.2) is 23.1 Å². The largest absolute Gasteiger partial charge is 0.309 e. The summed E-state index contributed by atoms with van der Waals surface area (Å²) in [6.07, 6.45) is 8.02. The molecule has 11 rings (SSSR count). The second kappa shape index (κ2) is 13.0. The molecular weight excluding hydrogens is 695 g/mol. The molecule has 0 saturated carbocycles. The van der Waals surface area contributed by atoms with Gasteiger partial charge in [-0.3, -0.25) is 13.5 Å². The van der Waals surface area contributed by atoms with Crippen LogP contribution in [0.1, 0.15) is 12.5 Å². The molecule has 57 heavy (non-hydrogen) atoms. The van der Waals surface area contributed by atoms with Crippen molar-refractivity contribution in [1.82, 2.24) is 23.1 Å². The molecule has 0 aliphatic rings. The monoisotopic (exact) mass is 731 g/mol. The number of hydrogen-bond donors (Lipinski definition) is 0. The average molecular weight is 732 g/mol. The number of allylic oxidation sites excluding steroid dienone is 5. The minimum Gasteiger partial charge on any atom is -0.309 e. The smallest absolute Gasteiger partial charge is 0.221 e. The molecule has 0 radical (unpaired) electrons. The standard InChI is InChI=1S/C52H37N5/c1-3-5-16-35(4-2)36-25-29-41(30-26-36)54-45-23-14-12-21-42(45)44-33-37(27-31-47(44)54)38-28-32-48-49(34-38)56(40-19-10-7-11-20-40)52-53-50-43-22-13-15-24-46(43)55(51(50)57(48)52)39-17-8-6-9-18-39/h3-34H,1H2,2H3/b16-5-,35-4+. The Labute approximate surface area is 329 Å². The van der Waals surface area contributed by atoms with Crippen molar-refractivity contribution in [1.29, 1.82) is 0 Å². The van der Waals surface area contributed by atoms with E-state index in [1.807, 2.05) is 12.2 Å². The Balaban J connectivity index is 1.12. The highest BCUT2D eigenvalue weighted by Crippen LogP contribution is 2.39. The number of rotatable bonds is 7. The van der Waals surface area contributed by atoms with Crippen LogP contribution in [-0.2, 0) is 0 Å². The Morgan fingerprint density at radius 3 is 1.79 bits per heavy atom. The van der Waals surface area contributed by atoms with Gasteiger partial charge in [-0.2, -0.15) is 0 Å². The van der Waals surface area contributed by atoms with Crippen molar-refractivity contribution in [2.24, 2.45) is 0 Å². The summed E-state index contributed by atoms with van der Waals surface area (Å²) in [4.78, 5) is 5.44. The van der Waals surface area contributed by atoms with Gasteiger partial charge < -0.3 is 4.57 Å². The summed E-state index contributed by atoms with van der Waals surface area (Å²) in [7, 11) is 0. The van der Waals surface area contributed by atoms with E-state index in [0.29, 0.717) is 0 Å². The Kier molecular flexibility index (Phi) is 7.47. The molecule has 5 heteroatoms. The number of imidazole rings is 2. The third-order valence-corrected chi connectivity index (χ3v) is 11.3. The van der Waals surface area contributed by atoms with Crippen molar-refractivity contribution in [3.8, 4) is 28.2 Å². The predicted octanol–water partition coefficient (Wildman–Crippen LogP) is 13.3. The van der Waals surface area contributed by atoms with Gasteiger partial charge in [-0.25, -0.2) is 4.98 Å². The molecule has 0 spiro atoms. The molecule has 5 nitrogen and oxygen atoms in total. The molecule has 0 unspecified atom stereocenters. The van der Waals surface area contributed by atoms with Gasteiger partial charge in [-0.1, -0.05) is 128 Å². The number of fused-ring (bicyclic) bond motifs is 10. The minimum absolute atomic E-state index is 0.886. The number of para-hydroxylation sites is 4. The van der Waals surface area contributed by atoms with Crippen molar-refractivity contribution >= 4 is 66.3 Å². The number of benzene rings is 7. The van der Waals surface area contributed by atoms with Gasteiger partial charge in [0, 0.05) is 33.2 Å². The third-order valence-electron chi connectivity index (χ3n) is 11.3. The van der Waals surface area contributed by atoms with Gasteiger partial charge in [0.2, 0.25) is 5.78 Å². The molecule has 0 saturated heterocycles. The van der Waals surface area contributed by atoms with Crippen LogP contribution in [0, 0.1) is 0 Å².